The van der Waals surface area contributed by atoms with Crippen molar-refractivity contribution in [2.75, 3.05) is 4.90 Å². The van der Waals surface area contributed by atoms with E-state index < -0.39 is 8.07 Å². The average Bonchev–Trinajstić information content (AvgIpc) is 3.82. The summed E-state index contributed by atoms with van der Waals surface area (Å²) in [4.78, 5) is 2.39. The molecule has 0 atom stereocenters. The Hall–Kier alpha value is -6.36. The van der Waals surface area contributed by atoms with Crippen LogP contribution in [-0.2, 0) is 0 Å². The molecular weight excluding hydrogens is 651 g/mol. The van der Waals surface area contributed by atoms with Crippen LogP contribution in [0.1, 0.15) is 0 Å². The van der Waals surface area contributed by atoms with Gasteiger partial charge in [-0.05, 0) is 86.4 Å². The molecule has 2 aromatic heterocycles. The molecule has 0 fully saturated rings. The zero-order valence-corrected chi connectivity index (χ0v) is 29.9. The maximum Gasteiger partial charge on any atom is 0.143 e. The van der Waals surface area contributed by atoms with Crippen molar-refractivity contribution in [2.24, 2.45) is 0 Å². The average molecular weight is 684 g/mol. The Balaban J connectivity index is 1.13. The molecule has 0 radical (unpaired) electrons. The second-order valence-electron chi connectivity index (χ2n) is 14.5. The highest BCUT2D eigenvalue weighted by Gasteiger charge is 2.40. The predicted molar refractivity (Wildman–Crippen MR) is 221 cm³/mol. The van der Waals surface area contributed by atoms with Gasteiger partial charge in [-0.3, -0.25) is 0 Å². The van der Waals surface area contributed by atoms with E-state index in [-0.39, 0.29) is 0 Å². The largest absolute Gasteiger partial charge is 0.456 e. The van der Waals surface area contributed by atoms with Crippen LogP contribution < -0.4 is 15.3 Å². The van der Waals surface area contributed by atoms with Gasteiger partial charge < -0.3 is 13.7 Å². The first kappa shape index (κ1) is 29.4. The first-order valence-electron chi connectivity index (χ1n) is 17.9. The van der Waals surface area contributed by atoms with Crippen LogP contribution in [-0.4, -0.2) is 8.07 Å². The highest BCUT2D eigenvalue weighted by Crippen LogP contribution is 2.43. The van der Waals surface area contributed by atoms with E-state index in [4.69, 9.17) is 8.83 Å². The second-order valence-corrected chi connectivity index (χ2v) is 18.8. The Bertz CT molecular complexity index is 3070. The summed E-state index contributed by atoms with van der Waals surface area (Å²) in [5.41, 5.74) is 11.9. The number of nitrogens with zero attached hydrogens (tertiary/aromatic N) is 1. The van der Waals surface area contributed by atoms with E-state index in [9.17, 15) is 0 Å². The zero-order valence-electron chi connectivity index (χ0n) is 28.9. The van der Waals surface area contributed by atoms with Crippen molar-refractivity contribution < 1.29 is 8.83 Å². The standard InChI is InChI=1S/C48H33NO2Si/c1-52(2)45-26-25-40-38-17-6-8-20-43(38)51-48(40)47(45)41-24-22-34(29-46(41)52)49(33-21-23-39-37-16-5-7-19-42(37)50-44(39)28-33)32-14-9-13-31(27-32)36-18-10-12-30-11-3-4-15-35(30)36/h3-29H,1-2H3. The van der Waals surface area contributed by atoms with Crippen LogP contribution in [0.4, 0.5) is 17.1 Å². The molecule has 1 aliphatic heterocycles. The van der Waals surface area contributed by atoms with Crippen molar-refractivity contribution in [1.29, 1.82) is 0 Å². The molecule has 4 heteroatoms. The molecule has 0 aliphatic carbocycles. The van der Waals surface area contributed by atoms with Crippen molar-refractivity contribution in [1.82, 2.24) is 0 Å². The summed E-state index contributed by atoms with van der Waals surface area (Å²) in [6.45, 7) is 4.95. The molecule has 10 aromatic rings. The van der Waals surface area contributed by atoms with Gasteiger partial charge in [0.25, 0.3) is 0 Å². The predicted octanol–water partition coefficient (Wildman–Crippen LogP) is 12.6. The number of fused-ring (bicyclic) bond motifs is 11. The molecule has 8 aromatic carbocycles. The van der Waals surface area contributed by atoms with Gasteiger partial charge in [-0.25, -0.2) is 0 Å². The SMILES string of the molecule is C[Si]1(C)c2cc(N(c3cccc(-c4cccc5ccccc45)c3)c3ccc4c(c3)oc3ccccc34)ccc2-c2c1ccc1c2oc2ccccc21. The number of benzene rings is 8. The minimum Gasteiger partial charge on any atom is -0.456 e. The molecule has 0 bridgehead atoms. The Labute approximate surface area is 302 Å². The minimum absolute atomic E-state index is 0.879. The summed E-state index contributed by atoms with van der Waals surface area (Å²) < 4.78 is 13.1. The lowest BCUT2D eigenvalue weighted by atomic mass is 9.97. The van der Waals surface area contributed by atoms with Gasteiger partial charge >= 0.3 is 0 Å². The van der Waals surface area contributed by atoms with Crippen LogP contribution in [0.5, 0.6) is 0 Å². The Morgan fingerprint density at radius 1 is 0.423 bits per heavy atom. The van der Waals surface area contributed by atoms with Crippen LogP contribution in [0.25, 0.3) is 76.9 Å². The summed E-state index contributed by atoms with van der Waals surface area (Å²) in [6.07, 6.45) is 0. The quantitative estimate of drug-likeness (QED) is 0.173. The Kier molecular flexibility index (Phi) is 6.11. The van der Waals surface area contributed by atoms with Crippen LogP contribution in [0, 0.1) is 0 Å². The Morgan fingerprint density at radius 2 is 1.06 bits per heavy atom. The number of para-hydroxylation sites is 2. The molecule has 0 saturated heterocycles. The van der Waals surface area contributed by atoms with Crippen LogP contribution >= 0.6 is 0 Å². The minimum atomic E-state index is -2.09. The summed E-state index contributed by atoms with van der Waals surface area (Å²) >= 11 is 0. The highest BCUT2D eigenvalue weighted by molar-refractivity contribution is 7.04. The highest BCUT2D eigenvalue weighted by atomic mass is 28.3. The third-order valence-corrected chi connectivity index (χ3v) is 14.8. The molecule has 3 heterocycles. The van der Waals surface area contributed by atoms with Crippen molar-refractivity contribution in [3.63, 3.8) is 0 Å². The fourth-order valence-electron chi connectivity index (χ4n) is 8.72. The maximum atomic E-state index is 6.61. The maximum absolute atomic E-state index is 6.61. The lowest BCUT2D eigenvalue weighted by Crippen LogP contribution is -2.49. The summed E-state index contributed by atoms with van der Waals surface area (Å²) in [5.74, 6) is 0. The van der Waals surface area contributed by atoms with Crippen molar-refractivity contribution in [3.8, 4) is 22.3 Å². The number of hydrogen-bond donors (Lipinski definition) is 0. The van der Waals surface area contributed by atoms with Gasteiger partial charge in [-0.1, -0.05) is 122 Å². The van der Waals surface area contributed by atoms with E-state index in [0.717, 1.165) is 50.2 Å². The summed E-state index contributed by atoms with van der Waals surface area (Å²) in [5, 5.41) is 9.95. The van der Waals surface area contributed by atoms with E-state index in [1.807, 2.05) is 12.1 Å². The van der Waals surface area contributed by atoms with Gasteiger partial charge in [0.1, 0.15) is 30.4 Å². The van der Waals surface area contributed by atoms with E-state index >= 15 is 0 Å². The third-order valence-electron chi connectivity index (χ3n) is 11.2. The van der Waals surface area contributed by atoms with E-state index in [1.165, 1.54) is 54.2 Å². The van der Waals surface area contributed by atoms with Crippen molar-refractivity contribution in [2.45, 2.75) is 13.1 Å². The molecular formula is C48H33NO2Si. The lowest BCUT2D eigenvalue weighted by Gasteiger charge is -2.28. The summed E-state index contributed by atoms with van der Waals surface area (Å²) in [7, 11) is -2.09. The van der Waals surface area contributed by atoms with Gasteiger partial charge in [-0.2, -0.15) is 0 Å². The molecule has 0 unspecified atom stereocenters. The number of anilines is 3. The number of hydrogen-bond acceptors (Lipinski definition) is 3. The molecule has 246 valence electrons. The monoisotopic (exact) mass is 683 g/mol. The van der Waals surface area contributed by atoms with Crippen LogP contribution in [0.3, 0.4) is 0 Å². The fourth-order valence-corrected chi connectivity index (χ4v) is 11.8. The van der Waals surface area contributed by atoms with Crippen molar-refractivity contribution in [3.05, 3.63) is 164 Å². The molecule has 52 heavy (non-hydrogen) atoms. The number of rotatable bonds is 4. The zero-order chi connectivity index (χ0) is 34.6. The third kappa shape index (κ3) is 4.19. The van der Waals surface area contributed by atoms with Gasteiger partial charge in [0.2, 0.25) is 0 Å². The second kappa shape index (κ2) is 10.8. The normalized spacial score (nSPS) is 13.3. The van der Waals surface area contributed by atoms with E-state index in [1.54, 1.807) is 0 Å². The summed E-state index contributed by atoms with van der Waals surface area (Å²) in [6, 6.07) is 59.2. The van der Waals surface area contributed by atoms with E-state index in [0.29, 0.717) is 0 Å². The van der Waals surface area contributed by atoms with E-state index in [2.05, 4.69) is 170 Å². The molecule has 11 rings (SSSR count). The number of furan rings is 2. The molecule has 0 spiro atoms. The van der Waals surface area contributed by atoms with Crippen LogP contribution in [0.15, 0.2) is 173 Å². The topological polar surface area (TPSA) is 29.5 Å². The molecule has 0 amide bonds. The molecule has 0 saturated carbocycles. The molecule has 0 N–H and O–H groups in total. The Morgan fingerprint density at radius 3 is 1.92 bits per heavy atom. The first-order valence-corrected chi connectivity index (χ1v) is 20.9. The van der Waals surface area contributed by atoms with Crippen LogP contribution in [0.2, 0.25) is 13.1 Å². The first-order chi connectivity index (χ1) is 25.5. The smallest absolute Gasteiger partial charge is 0.143 e. The van der Waals surface area contributed by atoms with Gasteiger partial charge in [-0.15, -0.1) is 0 Å². The van der Waals surface area contributed by atoms with Gasteiger partial charge in [0.05, 0.1) is 0 Å². The lowest BCUT2D eigenvalue weighted by molar-refractivity contribution is 0.669. The van der Waals surface area contributed by atoms with Gasteiger partial charge in [0.15, 0.2) is 0 Å². The fraction of sp³-hybridized carbons (Fsp3) is 0.0417. The molecule has 3 nitrogen and oxygen atoms in total. The molecule has 1 aliphatic rings. The van der Waals surface area contributed by atoms with Crippen molar-refractivity contribution >= 4 is 90.2 Å². The van der Waals surface area contributed by atoms with Gasteiger partial charge in [0, 0.05) is 50.2 Å².